The third-order valence-corrected chi connectivity index (χ3v) is 8.34. The lowest BCUT2D eigenvalue weighted by molar-refractivity contribution is 0.752. The van der Waals surface area contributed by atoms with Crippen LogP contribution in [0.3, 0.4) is 0 Å². The molecule has 8 rings (SSSR count). The van der Waals surface area contributed by atoms with E-state index in [0.717, 1.165) is 16.9 Å². The van der Waals surface area contributed by atoms with Crippen molar-refractivity contribution in [3.63, 3.8) is 0 Å². The number of nitrogens with zero attached hydrogens (tertiary/aromatic N) is 3. The van der Waals surface area contributed by atoms with Crippen LogP contribution in [-0.4, -0.2) is 4.98 Å². The molecule has 0 bridgehead atoms. The maximum atomic E-state index is 7.36. The van der Waals surface area contributed by atoms with Gasteiger partial charge in [-0.1, -0.05) is 97.1 Å². The normalized spacial score (nSPS) is 13.6. The summed E-state index contributed by atoms with van der Waals surface area (Å²) in [5.74, 6) is 0. The van der Waals surface area contributed by atoms with Crippen molar-refractivity contribution >= 4 is 22.7 Å². The van der Waals surface area contributed by atoms with Crippen LogP contribution in [0.15, 0.2) is 140 Å². The molecule has 1 aliphatic carbocycles. The molecule has 3 heteroatoms. The molecule has 2 aliphatic rings. The standard InChI is InChI=1S/C37H23N3/c1-38-26-22-23-39-34(24-26)25-18-20-27(21-19-25)40-35-16-8-6-14-32(35)37(33-15-7-9-17-36(33)40)30-12-4-2-10-28(30)29-11-3-5-13-31(29)37/h2-24H. The second-order valence-corrected chi connectivity index (χ2v) is 10.3. The average Bonchev–Trinajstić information content (AvgIpc) is 3.33. The number of aromatic nitrogens is 1. The maximum Gasteiger partial charge on any atom is 0.190 e. The predicted molar refractivity (Wildman–Crippen MR) is 161 cm³/mol. The number of para-hydroxylation sites is 2. The summed E-state index contributed by atoms with van der Waals surface area (Å²) in [7, 11) is 0. The number of hydrogen-bond donors (Lipinski definition) is 0. The van der Waals surface area contributed by atoms with Crippen molar-refractivity contribution < 1.29 is 0 Å². The third kappa shape index (κ3) is 2.96. The molecule has 186 valence electrons. The van der Waals surface area contributed by atoms with Crippen molar-refractivity contribution in [1.82, 2.24) is 4.98 Å². The number of rotatable bonds is 2. The zero-order chi connectivity index (χ0) is 26.7. The highest BCUT2D eigenvalue weighted by molar-refractivity contribution is 5.95. The van der Waals surface area contributed by atoms with Crippen LogP contribution in [0.5, 0.6) is 0 Å². The summed E-state index contributed by atoms with van der Waals surface area (Å²) < 4.78 is 0. The Kier molecular flexibility index (Phi) is 4.80. The minimum absolute atomic E-state index is 0.402. The van der Waals surface area contributed by atoms with E-state index in [-0.39, 0.29) is 0 Å². The van der Waals surface area contributed by atoms with Crippen LogP contribution in [0.2, 0.25) is 0 Å². The van der Waals surface area contributed by atoms with Gasteiger partial charge in [0, 0.05) is 11.9 Å². The number of pyridine rings is 1. The summed E-state index contributed by atoms with van der Waals surface area (Å²) in [6, 6.07) is 47.5. The van der Waals surface area contributed by atoms with Crippen LogP contribution in [0, 0.1) is 6.57 Å². The van der Waals surface area contributed by atoms with E-state index in [4.69, 9.17) is 6.57 Å². The number of fused-ring (bicyclic) bond motifs is 9. The highest BCUT2D eigenvalue weighted by Crippen LogP contribution is 2.63. The Labute approximate surface area is 233 Å². The Morgan fingerprint density at radius 3 is 1.68 bits per heavy atom. The summed E-state index contributed by atoms with van der Waals surface area (Å²) in [4.78, 5) is 10.5. The van der Waals surface area contributed by atoms with Gasteiger partial charge in [-0.3, -0.25) is 4.98 Å². The first-order valence-electron chi connectivity index (χ1n) is 13.4. The smallest absolute Gasteiger partial charge is 0.190 e. The molecule has 0 fully saturated rings. The first-order valence-corrected chi connectivity index (χ1v) is 13.4. The largest absolute Gasteiger partial charge is 0.310 e. The summed E-state index contributed by atoms with van der Waals surface area (Å²) in [5, 5.41) is 0. The van der Waals surface area contributed by atoms with Crippen molar-refractivity contribution in [2.75, 3.05) is 4.90 Å². The molecule has 40 heavy (non-hydrogen) atoms. The molecule has 1 aromatic heterocycles. The lowest BCUT2D eigenvalue weighted by atomic mass is 9.64. The Bertz CT molecular complexity index is 1890. The van der Waals surface area contributed by atoms with E-state index in [2.05, 4.69) is 136 Å². The van der Waals surface area contributed by atoms with Crippen LogP contribution in [0.25, 0.3) is 27.2 Å². The fraction of sp³-hybridized carbons (Fsp3) is 0.0270. The quantitative estimate of drug-likeness (QED) is 0.216. The van der Waals surface area contributed by atoms with Gasteiger partial charge in [0.25, 0.3) is 0 Å². The van der Waals surface area contributed by atoms with E-state index in [1.54, 1.807) is 12.3 Å². The van der Waals surface area contributed by atoms with Crippen molar-refractivity contribution in [1.29, 1.82) is 0 Å². The van der Waals surface area contributed by atoms with E-state index in [9.17, 15) is 0 Å². The first-order chi connectivity index (χ1) is 19.8. The lowest BCUT2D eigenvalue weighted by Gasteiger charge is -2.45. The monoisotopic (exact) mass is 509 g/mol. The summed E-state index contributed by atoms with van der Waals surface area (Å²) in [5.41, 5.74) is 13.2. The van der Waals surface area contributed by atoms with Gasteiger partial charge in [0.1, 0.15) is 0 Å². The maximum absolute atomic E-state index is 7.36. The number of benzene rings is 5. The van der Waals surface area contributed by atoms with Gasteiger partial charge in [-0.05, 0) is 75.3 Å². The topological polar surface area (TPSA) is 20.5 Å². The molecule has 0 atom stereocenters. The molecule has 0 N–H and O–H groups in total. The first kappa shape index (κ1) is 22.5. The average molecular weight is 510 g/mol. The summed E-state index contributed by atoms with van der Waals surface area (Å²) in [6.45, 7) is 7.36. The van der Waals surface area contributed by atoms with Crippen LogP contribution in [0.4, 0.5) is 22.7 Å². The number of anilines is 3. The zero-order valence-electron chi connectivity index (χ0n) is 21.6. The zero-order valence-corrected chi connectivity index (χ0v) is 21.6. The van der Waals surface area contributed by atoms with E-state index < -0.39 is 5.41 Å². The molecule has 0 saturated heterocycles. The van der Waals surface area contributed by atoms with Crippen LogP contribution >= 0.6 is 0 Å². The van der Waals surface area contributed by atoms with Gasteiger partial charge < -0.3 is 4.90 Å². The third-order valence-electron chi connectivity index (χ3n) is 8.34. The molecular formula is C37H23N3. The van der Waals surface area contributed by atoms with Gasteiger partial charge in [-0.2, -0.15) is 0 Å². The highest BCUT2D eigenvalue weighted by atomic mass is 15.2. The second-order valence-electron chi connectivity index (χ2n) is 10.3. The molecular weight excluding hydrogens is 486 g/mol. The summed E-state index contributed by atoms with van der Waals surface area (Å²) in [6.07, 6.45) is 1.70. The molecule has 1 aliphatic heterocycles. The molecule has 6 aromatic rings. The Morgan fingerprint density at radius 2 is 1.10 bits per heavy atom. The Balaban J connectivity index is 1.37. The molecule has 5 aromatic carbocycles. The molecule has 0 unspecified atom stereocenters. The Morgan fingerprint density at radius 1 is 0.575 bits per heavy atom. The van der Waals surface area contributed by atoms with Gasteiger partial charge >= 0.3 is 0 Å². The lowest BCUT2D eigenvalue weighted by Crippen LogP contribution is -2.36. The Hall–Kier alpha value is -5.46. The van der Waals surface area contributed by atoms with Crippen LogP contribution in [0.1, 0.15) is 22.3 Å². The fourth-order valence-corrected chi connectivity index (χ4v) is 6.77. The van der Waals surface area contributed by atoms with E-state index in [1.165, 1.54) is 44.8 Å². The van der Waals surface area contributed by atoms with Gasteiger partial charge in [-0.15, -0.1) is 0 Å². The molecule has 1 spiro atoms. The second kappa shape index (κ2) is 8.53. The predicted octanol–water partition coefficient (Wildman–Crippen LogP) is 9.45. The van der Waals surface area contributed by atoms with E-state index >= 15 is 0 Å². The minimum Gasteiger partial charge on any atom is -0.310 e. The summed E-state index contributed by atoms with van der Waals surface area (Å²) >= 11 is 0. The minimum atomic E-state index is -0.402. The van der Waals surface area contributed by atoms with Gasteiger partial charge in [-0.25, -0.2) is 4.85 Å². The fourth-order valence-electron chi connectivity index (χ4n) is 6.77. The number of hydrogen-bond acceptors (Lipinski definition) is 2. The van der Waals surface area contributed by atoms with Crippen molar-refractivity contribution in [2.24, 2.45) is 0 Å². The highest BCUT2D eigenvalue weighted by Gasteiger charge is 2.51. The molecule has 0 saturated carbocycles. The SMILES string of the molecule is [C-]#[N+]c1ccnc(-c2ccc(N3c4ccccc4C4(c5ccccc5-c5ccccc54)c4ccccc43)cc2)c1. The molecule has 0 amide bonds. The van der Waals surface area contributed by atoms with Crippen molar-refractivity contribution in [3.8, 4) is 22.4 Å². The van der Waals surface area contributed by atoms with Crippen LogP contribution in [-0.2, 0) is 5.41 Å². The van der Waals surface area contributed by atoms with E-state index in [1.807, 2.05) is 6.07 Å². The van der Waals surface area contributed by atoms with Crippen LogP contribution < -0.4 is 4.90 Å². The molecule has 0 radical (unpaired) electrons. The van der Waals surface area contributed by atoms with Crippen molar-refractivity contribution in [3.05, 3.63) is 173 Å². The van der Waals surface area contributed by atoms with Gasteiger partial charge in [0.2, 0.25) is 0 Å². The van der Waals surface area contributed by atoms with Crippen molar-refractivity contribution in [2.45, 2.75) is 5.41 Å². The van der Waals surface area contributed by atoms with Gasteiger partial charge in [0.05, 0.1) is 29.1 Å². The van der Waals surface area contributed by atoms with Gasteiger partial charge in [0.15, 0.2) is 5.69 Å². The molecule has 3 nitrogen and oxygen atoms in total. The molecule has 2 heterocycles. The van der Waals surface area contributed by atoms with E-state index in [0.29, 0.717) is 5.69 Å².